The fourth-order valence-corrected chi connectivity index (χ4v) is 3.27. The Balaban J connectivity index is 2.12. The van der Waals surface area contributed by atoms with Gasteiger partial charge in [0.05, 0.1) is 13.7 Å². The lowest BCUT2D eigenvalue weighted by molar-refractivity contribution is -0.137. The number of nitrogens with zero attached hydrogens (tertiary/aromatic N) is 1. The maximum absolute atomic E-state index is 13.0. The quantitative estimate of drug-likeness (QED) is 0.677. The molecule has 26 heavy (non-hydrogen) atoms. The van der Waals surface area contributed by atoms with Crippen molar-refractivity contribution in [1.82, 2.24) is 4.90 Å². The number of rotatable bonds is 9. The fraction of sp³-hybridized carbons (Fsp3) is 0.600. The van der Waals surface area contributed by atoms with Gasteiger partial charge in [0.2, 0.25) is 0 Å². The molecular weight excluding hydrogens is 334 g/mol. The van der Waals surface area contributed by atoms with Crippen LogP contribution in [0.2, 0.25) is 0 Å². The highest BCUT2D eigenvalue weighted by Gasteiger charge is 2.28. The number of hydrogen-bond donors (Lipinski definition) is 1. The summed E-state index contributed by atoms with van der Waals surface area (Å²) in [5, 5.41) is 8.94. The molecule has 0 radical (unpaired) electrons. The van der Waals surface area contributed by atoms with E-state index in [1.54, 1.807) is 25.3 Å². The number of aliphatic carboxylic acids is 1. The van der Waals surface area contributed by atoms with Crippen LogP contribution in [-0.4, -0.2) is 48.2 Å². The zero-order chi connectivity index (χ0) is 18.9. The van der Waals surface area contributed by atoms with Crippen LogP contribution < -0.4 is 9.47 Å². The molecule has 1 unspecified atom stereocenters. The number of piperidine rings is 1. The summed E-state index contributed by atoms with van der Waals surface area (Å²) < 4.78 is 11.1. The number of likely N-dealkylation sites (tertiary alicyclic amines) is 1. The van der Waals surface area contributed by atoms with E-state index < -0.39 is 5.97 Å². The summed E-state index contributed by atoms with van der Waals surface area (Å²) in [6, 6.07) is 5.23. The Bertz CT molecular complexity index is 616. The summed E-state index contributed by atoms with van der Waals surface area (Å²) in [6.07, 6.45) is 5.42. The number of benzene rings is 1. The minimum atomic E-state index is -0.821. The fourth-order valence-electron chi connectivity index (χ4n) is 3.27. The van der Waals surface area contributed by atoms with Crippen LogP contribution in [0.3, 0.4) is 0 Å². The van der Waals surface area contributed by atoms with Crippen LogP contribution in [-0.2, 0) is 4.79 Å². The number of unbranched alkanes of at least 4 members (excludes halogenated alkanes) is 1. The van der Waals surface area contributed by atoms with Crippen LogP contribution in [0.4, 0.5) is 0 Å². The van der Waals surface area contributed by atoms with Crippen LogP contribution in [0.1, 0.15) is 62.2 Å². The Morgan fingerprint density at radius 2 is 2.08 bits per heavy atom. The number of carbonyl (C=O) groups excluding carboxylic acids is 1. The predicted molar refractivity (Wildman–Crippen MR) is 98.9 cm³/mol. The topological polar surface area (TPSA) is 76.1 Å². The number of amides is 1. The second kappa shape index (κ2) is 10.0. The van der Waals surface area contributed by atoms with Gasteiger partial charge in [0.1, 0.15) is 0 Å². The smallest absolute Gasteiger partial charge is 0.303 e. The third-order valence-corrected chi connectivity index (χ3v) is 4.75. The van der Waals surface area contributed by atoms with Gasteiger partial charge in [-0.25, -0.2) is 0 Å². The lowest BCUT2D eigenvalue weighted by Gasteiger charge is -2.35. The molecule has 1 aliphatic rings. The van der Waals surface area contributed by atoms with E-state index in [0.29, 0.717) is 36.6 Å². The number of ether oxygens (including phenoxy) is 2. The van der Waals surface area contributed by atoms with Crippen LogP contribution in [0, 0.1) is 0 Å². The number of methoxy groups -OCH3 is 1. The van der Waals surface area contributed by atoms with Crippen LogP contribution in [0.15, 0.2) is 18.2 Å². The second-order valence-electron chi connectivity index (χ2n) is 6.65. The first-order valence-electron chi connectivity index (χ1n) is 9.40. The highest BCUT2D eigenvalue weighted by atomic mass is 16.5. The van der Waals surface area contributed by atoms with Gasteiger partial charge in [-0.2, -0.15) is 0 Å². The van der Waals surface area contributed by atoms with Gasteiger partial charge in [-0.3, -0.25) is 9.59 Å². The average Bonchev–Trinajstić information content (AvgIpc) is 2.66. The molecule has 2 rings (SSSR count). The van der Waals surface area contributed by atoms with Gasteiger partial charge < -0.3 is 19.5 Å². The molecule has 1 N–H and O–H groups in total. The minimum absolute atomic E-state index is 0.0150. The predicted octanol–water partition coefficient (Wildman–Crippen LogP) is 3.73. The molecular formula is C20H29NO5. The number of carbonyl (C=O) groups is 2. The Kier molecular flexibility index (Phi) is 7.75. The third-order valence-electron chi connectivity index (χ3n) is 4.75. The van der Waals surface area contributed by atoms with E-state index in [9.17, 15) is 9.59 Å². The molecule has 144 valence electrons. The first-order chi connectivity index (χ1) is 12.6. The van der Waals surface area contributed by atoms with Crippen molar-refractivity contribution < 1.29 is 24.2 Å². The van der Waals surface area contributed by atoms with Gasteiger partial charge in [-0.1, -0.05) is 13.3 Å². The maximum Gasteiger partial charge on any atom is 0.303 e. The van der Waals surface area contributed by atoms with Gasteiger partial charge in [-0.15, -0.1) is 0 Å². The van der Waals surface area contributed by atoms with Crippen LogP contribution in [0.5, 0.6) is 11.5 Å². The molecule has 1 aromatic carbocycles. The van der Waals surface area contributed by atoms with E-state index >= 15 is 0 Å². The van der Waals surface area contributed by atoms with E-state index in [4.69, 9.17) is 14.6 Å². The summed E-state index contributed by atoms with van der Waals surface area (Å²) in [4.78, 5) is 25.7. The van der Waals surface area contributed by atoms with Crippen molar-refractivity contribution >= 4 is 11.9 Å². The molecule has 1 aromatic rings. The second-order valence-corrected chi connectivity index (χ2v) is 6.65. The Labute approximate surface area is 155 Å². The summed E-state index contributed by atoms with van der Waals surface area (Å²) >= 11 is 0. The van der Waals surface area contributed by atoms with E-state index in [1.807, 2.05) is 4.90 Å². The van der Waals surface area contributed by atoms with Crippen molar-refractivity contribution in [3.8, 4) is 11.5 Å². The van der Waals surface area contributed by atoms with E-state index in [2.05, 4.69) is 6.92 Å². The molecule has 6 heteroatoms. The van der Waals surface area contributed by atoms with Gasteiger partial charge >= 0.3 is 5.97 Å². The van der Waals surface area contributed by atoms with Crippen molar-refractivity contribution in [2.45, 2.75) is 57.9 Å². The van der Waals surface area contributed by atoms with E-state index in [0.717, 1.165) is 32.1 Å². The average molecular weight is 363 g/mol. The Hall–Kier alpha value is -2.24. The highest BCUT2D eigenvalue weighted by Crippen LogP contribution is 2.30. The molecule has 0 saturated carbocycles. The molecule has 1 fully saturated rings. The largest absolute Gasteiger partial charge is 0.493 e. The Morgan fingerprint density at radius 3 is 2.77 bits per heavy atom. The normalized spacial score (nSPS) is 17.0. The number of carboxylic acid groups (broad SMARTS) is 1. The summed E-state index contributed by atoms with van der Waals surface area (Å²) in [5.74, 6) is 0.293. The number of carboxylic acids is 1. The molecule has 0 spiro atoms. The van der Waals surface area contributed by atoms with Gasteiger partial charge in [0.15, 0.2) is 11.5 Å². The molecule has 0 aliphatic carbocycles. The first kappa shape index (κ1) is 20.1. The zero-order valence-corrected chi connectivity index (χ0v) is 15.7. The van der Waals surface area contributed by atoms with Crippen molar-refractivity contribution in [2.75, 3.05) is 20.3 Å². The molecule has 1 heterocycles. The third kappa shape index (κ3) is 5.38. The minimum Gasteiger partial charge on any atom is -0.493 e. The van der Waals surface area contributed by atoms with Gasteiger partial charge in [0.25, 0.3) is 5.91 Å². The SMILES string of the molecule is CCCCOc1ccc(C(=O)N2CCCCC2CCC(=O)O)cc1OC. The van der Waals surface area contributed by atoms with Gasteiger partial charge in [-0.05, 0) is 50.3 Å². The zero-order valence-electron chi connectivity index (χ0n) is 15.7. The van der Waals surface area contributed by atoms with E-state index in [1.165, 1.54) is 0 Å². The van der Waals surface area contributed by atoms with Crippen LogP contribution in [0.25, 0.3) is 0 Å². The standard InChI is InChI=1S/C20H29NO5/c1-3-4-13-26-17-10-8-15(14-18(17)25-2)20(24)21-12-6-5-7-16(21)9-11-19(22)23/h8,10,14,16H,3-7,9,11-13H2,1-2H3,(H,22,23). The summed E-state index contributed by atoms with van der Waals surface area (Å²) in [6.45, 7) is 3.38. The monoisotopic (exact) mass is 363 g/mol. The molecule has 0 bridgehead atoms. The number of hydrogen-bond acceptors (Lipinski definition) is 4. The highest BCUT2D eigenvalue weighted by molar-refractivity contribution is 5.95. The van der Waals surface area contributed by atoms with Crippen molar-refractivity contribution in [3.63, 3.8) is 0 Å². The maximum atomic E-state index is 13.0. The lowest BCUT2D eigenvalue weighted by atomic mass is 9.97. The molecule has 1 amide bonds. The van der Waals surface area contributed by atoms with Gasteiger partial charge in [0, 0.05) is 24.6 Å². The summed E-state index contributed by atoms with van der Waals surface area (Å²) in [7, 11) is 1.56. The first-order valence-corrected chi connectivity index (χ1v) is 9.40. The van der Waals surface area contributed by atoms with Crippen molar-refractivity contribution in [2.24, 2.45) is 0 Å². The van der Waals surface area contributed by atoms with E-state index in [-0.39, 0.29) is 18.4 Å². The van der Waals surface area contributed by atoms with Crippen molar-refractivity contribution in [1.29, 1.82) is 0 Å². The molecule has 1 saturated heterocycles. The van der Waals surface area contributed by atoms with Crippen molar-refractivity contribution in [3.05, 3.63) is 23.8 Å². The molecule has 6 nitrogen and oxygen atoms in total. The lowest BCUT2D eigenvalue weighted by Crippen LogP contribution is -2.44. The van der Waals surface area contributed by atoms with Crippen LogP contribution >= 0.6 is 0 Å². The molecule has 0 aromatic heterocycles. The molecule has 1 aliphatic heterocycles. The Morgan fingerprint density at radius 1 is 1.27 bits per heavy atom. The summed E-state index contributed by atoms with van der Waals surface area (Å²) in [5.41, 5.74) is 0.548. The molecule has 1 atom stereocenters.